The summed E-state index contributed by atoms with van der Waals surface area (Å²) in [5, 5.41) is 0.340. The third-order valence-corrected chi connectivity index (χ3v) is 9.12. The zero-order chi connectivity index (χ0) is 28.7. The summed E-state index contributed by atoms with van der Waals surface area (Å²) >= 11 is 5.94. The number of sulfonamides is 1. The summed E-state index contributed by atoms with van der Waals surface area (Å²) in [4.78, 5) is 14.3. The number of anilines is 1. The maximum Gasteiger partial charge on any atom is 0.264 e. The smallest absolute Gasteiger partial charge is 0.264 e. The average molecular weight is 591 g/mol. The molecular weight excluding hydrogens is 558 g/mol. The molecule has 0 bridgehead atoms. The van der Waals surface area contributed by atoms with E-state index in [4.69, 9.17) is 16.3 Å². The van der Waals surface area contributed by atoms with E-state index in [2.05, 4.69) is 0 Å². The molecule has 0 unspecified atom stereocenters. The first-order valence-corrected chi connectivity index (χ1v) is 15.2. The molecule has 1 fully saturated rings. The lowest BCUT2D eigenvalue weighted by molar-refractivity contribution is -0.135. The second-order valence-electron chi connectivity index (χ2n) is 9.97. The van der Waals surface area contributed by atoms with Gasteiger partial charge in [-0.2, -0.15) is 0 Å². The van der Waals surface area contributed by atoms with Gasteiger partial charge in [-0.25, -0.2) is 17.2 Å². The number of para-hydroxylation sites is 1. The number of carbonyl (C=O) groups excluding carboxylic acids is 1. The predicted molar refractivity (Wildman–Crippen MR) is 152 cm³/mol. The third-order valence-electron chi connectivity index (χ3n) is 7.09. The first-order valence-electron chi connectivity index (χ1n) is 13.4. The number of ether oxygens (including phenoxy) is 1. The molecule has 1 amide bonds. The Morgan fingerprint density at radius 1 is 1.00 bits per heavy atom. The van der Waals surface area contributed by atoms with Crippen molar-refractivity contribution in [3.05, 3.63) is 89.0 Å². The molecule has 0 spiro atoms. The van der Waals surface area contributed by atoms with Crippen LogP contribution in [0.5, 0.6) is 5.75 Å². The van der Waals surface area contributed by atoms with Gasteiger partial charge in [0.2, 0.25) is 5.91 Å². The molecule has 6 nitrogen and oxygen atoms in total. The van der Waals surface area contributed by atoms with Crippen LogP contribution in [0.25, 0.3) is 0 Å². The maximum atomic E-state index is 14.9. The number of carbonyl (C=O) groups is 1. The zero-order valence-electron chi connectivity index (χ0n) is 22.4. The summed E-state index contributed by atoms with van der Waals surface area (Å²) in [5.41, 5.74) is 0.0444. The van der Waals surface area contributed by atoms with Gasteiger partial charge in [-0.05, 0) is 61.7 Å². The summed E-state index contributed by atoms with van der Waals surface area (Å²) < 4.78 is 63.2. The molecule has 0 saturated heterocycles. The van der Waals surface area contributed by atoms with Crippen molar-refractivity contribution in [2.75, 3.05) is 24.5 Å². The molecule has 40 heavy (non-hydrogen) atoms. The van der Waals surface area contributed by atoms with E-state index in [1.54, 1.807) is 36.2 Å². The minimum atomic E-state index is -4.31. The summed E-state index contributed by atoms with van der Waals surface area (Å²) in [6, 6.07) is 15.0. The fraction of sp³-hybridized carbons (Fsp3) is 0.367. The minimum absolute atomic E-state index is 0.0946. The van der Waals surface area contributed by atoms with E-state index in [0.717, 1.165) is 48.2 Å². The molecule has 1 saturated carbocycles. The largest absolute Gasteiger partial charge is 0.493 e. The van der Waals surface area contributed by atoms with Crippen LogP contribution in [-0.2, 0) is 21.4 Å². The SMILES string of the molecule is CN(CCCOc1ccccc1CN(c1cc(F)ccc1F)S(=O)(=O)c1ccc(Cl)cc1)C(=O)C1CCCCC1. The van der Waals surface area contributed by atoms with Gasteiger partial charge in [0.25, 0.3) is 10.0 Å². The highest BCUT2D eigenvalue weighted by Crippen LogP contribution is 2.32. The van der Waals surface area contributed by atoms with Crippen molar-refractivity contribution in [1.82, 2.24) is 4.90 Å². The Hall–Kier alpha value is -3.17. The average Bonchev–Trinajstić information content (AvgIpc) is 2.96. The van der Waals surface area contributed by atoms with Gasteiger partial charge in [-0.3, -0.25) is 9.10 Å². The highest BCUT2D eigenvalue weighted by molar-refractivity contribution is 7.92. The van der Waals surface area contributed by atoms with E-state index in [9.17, 15) is 22.0 Å². The number of hydrogen-bond acceptors (Lipinski definition) is 4. The number of benzene rings is 3. The van der Waals surface area contributed by atoms with Gasteiger partial charge in [0.1, 0.15) is 17.4 Å². The van der Waals surface area contributed by atoms with E-state index in [-0.39, 0.29) is 29.9 Å². The van der Waals surface area contributed by atoms with Crippen molar-refractivity contribution in [2.45, 2.75) is 50.0 Å². The minimum Gasteiger partial charge on any atom is -0.493 e. The van der Waals surface area contributed by atoms with Crippen LogP contribution in [0.3, 0.4) is 0 Å². The second kappa shape index (κ2) is 13.5. The lowest BCUT2D eigenvalue weighted by atomic mass is 9.88. The van der Waals surface area contributed by atoms with Crippen molar-refractivity contribution in [1.29, 1.82) is 0 Å². The predicted octanol–water partition coefficient (Wildman–Crippen LogP) is 6.82. The summed E-state index contributed by atoms with van der Waals surface area (Å²) in [7, 11) is -2.51. The Bertz CT molecular complexity index is 1410. The van der Waals surface area contributed by atoms with Gasteiger partial charge in [0.15, 0.2) is 0 Å². The molecular formula is C30H33ClF2N2O4S. The van der Waals surface area contributed by atoms with Gasteiger partial charge in [-0.15, -0.1) is 0 Å². The van der Waals surface area contributed by atoms with E-state index in [1.807, 2.05) is 0 Å². The first-order chi connectivity index (χ1) is 19.2. The molecule has 0 atom stereocenters. The van der Waals surface area contributed by atoms with Crippen LogP contribution in [0, 0.1) is 17.6 Å². The van der Waals surface area contributed by atoms with Gasteiger partial charge in [0, 0.05) is 36.2 Å². The molecule has 0 heterocycles. The van der Waals surface area contributed by atoms with E-state index < -0.39 is 27.3 Å². The normalized spacial score (nSPS) is 14.1. The summed E-state index contributed by atoms with van der Waals surface area (Å²) in [6.07, 6.45) is 5.82. The quantitative estimate of drug-likeness (QED) is 0.230. The Morgan fingerprint density at radius 2 is 1.70 bits per heavy atom. The molecule has 1 aliphatic rings. The lowest BCUT2D eigenvalue weighted by Crippen LogP contribution is -2.35. The number of nitrogens with zero attached hydrogens (tertiary/aromatic N) is 2. The highest BCUT2D eigenvalue weighted by Gasteiger charge is 2.29. The fourth-order valence-corrected chi connectivity index (χ4v) is 6.46. The molecule has 1 aliphatic carbocycles. The molecule has 3 aromatic rings. The van der Waals surface area contributed by atoms with E-state index in [1.165, 1.54) is 30.7 Å². The topological polar surface area (TPSA) is 66.9 Å². The van der Waals surface area contributed by atoms with Crippen LogP contribution < -0.4 is 9.04 Å². The van der Waals surface area contributed by atoms with Crippen molar-refractivity contribution >= 4 is 33.2 Å². The standard InChI is InChI=1S/C30H33ClF2N2O4S/c1-34(30(36)22-8-3-2-4-9-22)18-7-19-39-29-11-6-5-10-23(29)21-35(28-20-25(32)14-17-27(28)33)40(37,38)26-15-12-24(31)13-16-26/h5-6,10-17,20,22H,2-4,7-9,18-19,21H2,1H3. The van der Waals surface area contributed by atoms with Crippen molar-refractivity contribution in [2.24, 2.45) is 5.92 Å². The van der Waals surface area contributed by atoms with Crippen LogP contribution in [0.4, 0.5) is 14.5 Å². The molecule has 4 rings (SSSR count). The van der Waals surface area contributed by atoms with Crippen molar-refractivity contribution in [3.63, 3.8) is 0 Å². The molecule has 0 N–H and O–H groups in total. The van der Waals surface area contributed by atoms with Gasteiger partial charge in [-0.1, -0.05) is 49.1 Å². The molecule has 0 aliphatic heterocycles. The van der Waals surface area contributed by atoms with Gasteiger partial charge >= 0.3 is 0 Å². The van der Waals surface area contributed by atoms with Crippen LogP contribution >= 0.6 is 11.6 Å². The number of rotatable bonds is 11. The number of halogens is 3. The van der Waals surface area contributed by atoms with Crippen LogP contribution in [-0.4, -0.2) is 39.4 Å². The van der Waals surface area contributed by atoms with E-state index >= 15 is 0 Å². The Balaban J connectivity index is 1.51. The molecule has 214 valence electrons. The second-order valence-corrected chi connectivity index (χ2v) is 12.3. The van der Waals surface area contributed by atoms with Crippen LogP contribution in [0.1, 0.15) is 44.1 Å². The van der Waals surface area contributed by atoms with Crippen LogP contribution in [0.15, 0.2) is 71.6 Å². The number of amides is 1. The summed E-state index contributed by atoms with van der Waals surface area (Å²) in [6.45, 7) is 0.516. The maximum absolute atomic E-state index is 14.9. The molecule has 0 aromatic heterocycles. The third kappa shape index (κ3) is 7.31. The fourth-order valence-electron chi connectivity index (χ4n) is 4.90. The molecule has 10 heteroatoms. The Labute approximate surface area is 239 Å². The molecule has 3 aromatic carbocycles. The number of hydrogen-bond donors (Lipinski definition) is 0. The van der Waals surface area contributed by atoms with E-state index in [0.29, 0.717) is 29.3 Å². The summed E-state index contributed by atoms with van der Waals surface area (Å²) in [5.74, 6) is -0.985. The first kappa shape index (κ1) is 29.8. The van der Waals surface area contributed by atoms with Crippen LogP contribution in [0.2, 0.25) is 5.02 Å². The van der Waals surface area contributed by atoms with Crippen molar-refractivity contribution < 1.29 is 26.7 Å². The monoisotopic (exact) mass is 590 g/mol. The highest BCUT2D eigenvalue weighted by atomic mass is 35.5. The Kier molecular flexibility index (Phi) is 10.0. The van der Waals surface area contributed by atoms with Gasteiger partial charge < -0.3 is 9.64 Å². The Morgan fingerprint density at radius 3 is 2.42 bits per heavy atom. The zero-order valence-corrected chi connectivity index (χ0v) is 23.9. The van der Waals surface area contributed by atoms with Gasteiger partial charge in [0.05, 0.1) is 23.7 Å². The van der Waals surface area contributed by atoms with Crippen molar-refractivity contribution in [3.8, 4) is 5.75 Å². The molecule has 0 radical (unpaired) electrons. The lowest BCUT2D eigenvalue weighted by Gasteiger charge is -2.27.